The molecular weight excluding hydrogens is 423 g/mol. The highest BCUT2D eigenvalue weighted by Crippen LogP contribution is 2.39. The number of rotatable bonds is 6. The van der Waals surface area contributed by atoms with Crippen LogP contribution in [0.1, 0.15) is 11.3 Å². The van der Waals surface area contributed by atoms with Gasteiger partial charge < -0.3 is 15.5 Å². The Bertz CT molecular complexity index is 1230. The lowest BCUT2D eigenvalue weighted by Crippen LogP contribution is -2.30. The van der Waals surface area contributed by atoms with Crippen molar-refractivity contribution in [3.8, 4) is 22.5 Å². The number of likely N-dealkylation sites (N-methyl/N-ethyl adjacent to an activating group) is 1. The maximum absolute atomic E-state index is 13.5. The summed E-state index contributed by atoms with van der Waals surface area (Å²) in [5, 5.41) is 18.5. The molecule has 3 aromatic rings. The molecule has 0 spiro atoms. The van der Waals surface area contributed by atoms with E-state index in [2.05, 4.69) is 25.7 Å². The minimum atomic E-state index is -0.295. The van der Waals surface area contributed by atoms with Gasteiger partial charge in [0.2, 0.25) is 11.9 Å². The Balaban J connectivity index is 1.57. The number of halogens is 1. The first kappa shape index (κ1) is 22.1. The third-order valence-corrected chi connectivity index (χ3v) is 5.34. The molecule has 0 saturated carbocycles. The molecule has 1 aromatic carbocycles. The number of hydrogen-bond acceptors (Lipinski definition) is 6. The van der Waals surface area contributed by atoms with Crippen molar-refractivity contribution >= 4 is 17.7 Å². The van der Waals surface area contributed by atoms with Crippen molar-refractivity contribution in [2.75, 3.05) is 26.0 Å². The molecule has 10 heteroatoms. The lowest BCUT2D eigenvalue weighted by Gasteiger charge is -2.17. The van der Waals surface area contributed by atoms with Crippen LogP contribution in [0.4, 0.5) is 10.3 Å². The van der Waals surface area contributed by atoms with Gasteiger partial charge in [0.25, 0.3) is 0 Å². The number of carbonyl (C=O) groups excluding carboxylic acids is 1. The molecule has 0 aliphatic heterocycles. The van der Waals surface area contributed by atoms with Crippen molar-refractivity contribution in [1.82, 2.24) is 30.0 Å². The zero-order valence-electron chi connectivity index (χ0n) is 18.7. The van der Waals surface area contributed by atoms with Crippen LogP contribution in [0, 0.1) is 11.2 Å². The van der Waals surface area contributed by atoms with E-state index in [-0.39, 0.29) is 30.1 Å². The highest BCUT2D eigenvalue weighted by atomic mass is 19.1. The second-order valence-corrected chi connectivity index (χ2v) is 7.91. The van der Waals surface area contributed by atoms with E-state index in [9.17, 15) is 9.18 Å². The molecule has 0 atom stereocenters. The average Bonchev–Trinajstić information content (AvgIpc) is 3.13. The zero-order valence-corrected chi connectivity index (χ0v) is 18.7. The molecule has 0 radical (unpaired) electrons. The summed E-state index contributed by atoms with van der Waals surface area (Å²) in [6, 6.07) is 6.32. The first-order valence-corrected chi connectivity index (χ1v) is 10.5. The Morgan fingerprint density at radius 3 is 2.76 bits per heavy atom. The molecule has 1 amide bonds. The first-order chi connectivity index (χ1) is 15.8. The fourth-order valence-electron chi connectivity index (χ4n) is 3.67. The van der Waals surface area contributed by atoms with Crippen LogP contribution < -0.4 is 10.6 Å². The summed E-state index contributed by atoms with van der Waals surface area (Å²) in [5.41, 5.74) is 5.30. The Labute approximate surface area is 190 Å². The van der Waals surface area contributed by atoms with E-state index in [1.807, 2.05) is 7.05 Å². The predicted molar refractivity (Wildman–Crippen MR) is 124 cm³/mol. The van der Waals surface area contributed by atoms with Crippen molar-refractivity contribution in [1.29, 1.82) is 5.41 Å². The Morgan fingerprint density at radius 2 is 2.03 bits per heavy atom. The summed E-state index contributed by atoms with van der Waals surface area (Å²) < 4.78 is 15.3. The number of nitrogens with one attached hydrogen (secondary N) is 3. The van der Waals surface area contributed by atoms with Gasteiger partial charge in [-0.2, -0.15) is 5.10 Å². The molecule has 3 N–H and O–H groups in total. The minimum absolute atomic E-state index is 0.0682. The fourth-order valence-corrected chi connectivity index (χ4v) is 3.67. The lowest BCUT2D eigenvalue weighted by atomic mass is 9.91. The molecule has 0 bridgehead atoms. The molecule has 33 heavy (non-hydrogen) atoms. The summed E-state index contributed by atoms with van der Waals surface area (Å²) in [6.07, 6.45) is 6.32. The molecule has 0 unspecified atom stereocenters. The van der Waals surface area contributed by atoms with Crippen molar-refractivity contribution in [2.24, 2.45) is 7.05 Å². The first-order valence-electron chi connectivity index (χ1n) is 10.5. The molecule has 4 rings (SSSR count). The molecule has 1 aliphatic rings. The Kier molecular flexibility index (Phi) is 6.16. The van der Waals surface area contributed by atoms with Gasteiger partial charge in [-0.05, 0) is 48.7 Å². The van der Waals surface area contributed by atoms with Gasteiger partial charge in [-0.1, -0.05) is 0 Å². The summed E-state index contributed by atoms with van der Waals surface area (Å²) in [4.78, 5) is 22.1. The molecule has 1 aliphatic carbocycles. The lowest BCUT2D eigenvalue weighted by molar-refractivity contribution is -0.127. The monoisotopic (exact) mass is 448 g/mol. The molecule has 0 saturated heterocycles. The van der Waals surface area contributed by atoms with Gasteiger partial charge in [0.1, 0.15) is 11.7 Å². The molecule has 2 heterocycles. The quantitative estimate of drug-likeness (QED) is 0.394. The summed E-state index contributed by atoms with van der Waals surface area (Å²) >= 11 is 0. The van der Waals surface area contributed by atoms with Gasteiger partial charge in [0, 0.05) is 44.7 Å². The maximum atomic E-state index is 13.5. The average molecular weight is 449 g/mol. The number of carbonyl (C=O) groups is 1. The third kappa shape index (κ3) is 4.74. The molecule has 2 aromatic heterocycles. The predicted octanol–water partition coefficient (Wildman–Crippen LogP) is 2.36. The highest BCUT2D eigenvalue weighted by molar-refractivity contribution is 6.00. The van der Waals surface area contributed by atoms with Gasteiger partial charge >= 0.3 is 0 Å². The van der Waals surface area contributed by atoms with Crippen LogP contribution in [-0.2, 0) is 24.7 Å². The molecular formula is C23H25FN8O. The Morgan fingerprint density at radius 1 is 1.27 bits per heavy atom. The van der Waals surface area contributed by atoms with E-state index in [1.165, 1.54) is 29.3 Å². The van der Waals surface area contributed by atoms with E-state index >= 15 is 0 Å². The number of aryl methyl sites for hydroxylation is 3. The number of hydrogen-bond donors (Lipinski definition) is 3. The third-order valence-electron chi connectivity index (χ3n) is 5.34. The van der Waals surface area contributed by atoms with Gasteiger partial charge in [-0.3, -0.25) is 14.9 Å². The van der Waals surface area contributed by atoms with Crippen LogP contribution in [0.15, 0.2) is 42.7 Å². The SMILES string of the molecule is CN(C)C(=O)CN/C=C\C(=N)Nc1ncc2c(n1)-c1c(nn(C)c1-c1ccc(F)cc1)CC2. The topological polar surface area (TPSA) is 112 Å². The maximum Gasteiger partial charge on any atom is 0.241 e. The van der Waals surface area contributed by atoms with Crippen LogP contribution in [0.5, 0.6) is 0 Å². The van der Waals surface area contributed by atoms with Gasteiger partial charge in [0.15, 0.2) is 0 Å². The van der Waals surface area contributed by atoms with Gasteiger partial charge in [-0.25, -0.2) is 14.4 Å². The Hall–Kier alpha value is -4.08. The summed E-state index contributed by atoms with van der Waals surface area (Å²) in [7, 11) is 5.23. The van der Waals surface area contributed by atoms with E-state index < -0.39 is 0 Å². The van der Waals surface area contributed by atoms with E-state index in [0.29, 0.717) is 0 Å². The van der Waals surface area contributed by atoms with Crippen LogP contribution >= 0.6 is 0 Å². The van der Waals surface area contributed by atoms with E-state index in [4.69, 9.17) is 5.41 Å². The van der Waals surface area contributed by atoms with E-state index in [1.54, 1.807) is 37.1 Å². The molecule has 170 valence electrons. The number of aromatic nitrogens is 4. The molecule has 9 nitrogen and oxygen atoms in total. The molecule has 0 fully saturated rings. The summed E-state index contributed by atoms with van der Waals surface area (Å²) in [6.45, 7) is 0.141. The summed E-state index contributed by atoms with van der Waals surface area (Å²) in [5.74, 6) is -0.00668. The smallest absolute Gasteiger partial charge is 0.241 e. The zero-order chi connectivity index (χ0) is 23.5. The second-order valence-electron chi connectivity index (χ2n) is 7.91. The number of amidine groups is 1. The van der Waals surface area contributed by atoms with E-state index in [0.717, 1.165) is 46.6 Å². The normalized spacial score (nSPS) is 12.2. The highest BCUT2D eigenvalue weighted by Gasteiger charge is 2.27. The number of fused-ring (bicyclic) bond motifs is 3. The van der Waals surface area contributed by atoms with Crippen molar-refractivity contribution in [3.63, 3.8) is 0 Å². The number of amides is 1. The van der Waals surface area contributed by atoms with Gasteiger partial charge in [-0.15, -0.1) is 0 Å². The fraction of sp³-hybridized carbons (Fsp3) is 0.261. The van der Waals surface area contributed by atoms with Crippen LogP contribution in [0.25, 0.3) is 22.5 Å². The number of benzene rings is 1. The largest absolute Gasteiger partial charge is 0.382 e. The van der Waals surface area contributed by atoms with Crippen molar-refractivity contribution < 1.29 is 9.18 Å². The number of nitrogens with zero attached hydrogens (tertiary/aromatic N) is 5. The van der Waals surface area contributed by atoms with Crippen molar-refractivity contribution in [2.45, 2.75) is 12.8 Å². The van der Waals surface area contributed by atoms with Crippen LogP contribution in [-0.4, -0.2) is 57.0 Å². The number of anilines is 1. The van der Waals surface area contributed by atoms with Crippen LogP contribution in [0.3, 0.4) is 0 Å². The second kappa shape index (κ2) is 9.19. The van der Waals surface area contributed by atoms with Gasteiger partial charge in [0.05, 0.1) is 23.6 Å². The van der Waals surface area contributed by atoms with Crippen molar-refractivity contribution in [3.05, 3.63) is 59.8 Å². The van der Waals surface area contributed by atoms with Crippen LogP contribution in [0.2, 0.25) is 0 Å². The minimum Gasteiger partial charge on any atom is -0.382 e. The standard InChI is InChI=1S/C23H25FN8O/c1-31(2)19(33)13-26-11-10-18(25)28-23-27-12-15-6-9-17-20(21(15)29-23)22(32(3)30-17)14-4-7-16(24)8-5-14/h4-5,7-8,10-12,26H,6,9,13H2,1-3H3,(H2,25,27,28,29)/b11-10-.